The lowest BCUT2D eigenvalue weighted by atomic mass is 10.1. The first-order valence-corrected chi connectivity index (χ1v) is 7.48. The van der Waals surface area contributed by atoms with E-state index in [0.717, 1.165) is 0 Å². The predicted molar refractivity (Wildman–Crippen MR) is 77.5 cm³/mol. The van der Waals surface area contributed by atoms with Gasteiger partial charge in [0.05, 0.1) is 18.2 Å². The van der Waals surface area contributed by atoms with Gasteiger partial charge < -0.3 is 15.4 Å². The highest BCUT2D eigenvalue weighted by Crippen LogP contribution is 2.21. The highest BCUT2D eigenvalue weighted by molar-refractivity contribution is 7.99. The summed E-state index contributed by atoms with van der Waals surface area (Å²) in [4.78, 5) is 31.8. The van der Waals surface area contributed by atoms with Crippen LogP contribution in [0.1, 0.15) is 13.8 Å². The zero-order valence-electron chi connectivity index (χ0n) is 11.8. The first kappa shape index (κ1) is 15.3. The van der Waals surface area contributed by atoms with Gasteiger partial charge in [-0.3, -0.25) is 0 Å². The molecule has 0 radical (unpaired) electrons. The first-order valence-electron chi connectivity index (χ1n) is 6.49. The Bertz CT molecular complexity index is 562. The van der Waals surface area contributed by atoms with Crippen molar-refractivity contribution in [2.24, 2.45) is 0 Å². The fourth-order valence-corrected chi connectivity index (χ4v) is 2.66. The SMILES string of the molecule is CCOC(=O)C1=C(CSc2ncccn2)NC(=O)N[C@H]1C. The van der Waals surface area contributed by atoms with Gasteiger partial charge >= 0.3 is 12.0 Å². The number of thioether (sulfide) groups is 1. The molecule has 8 heteroatoms. The number of nitrogens with zero attached hydrogens (tertiary/aromatic N) is 2. The second-order valence-corrected chi connectivity index (χ2v) is 5.20. The summed E-state index contributed by atoms with van der Waals surface area (Å²) in [7, 11) is 0. The number of carbonyl (C=O) groups is 2. The van der Waals surface area contributed by atoms with Gasteiger partial charge in [-0.15, -0.1) is 0 Å². The number of ether oxygens (including phenoxy) is 1. The van der Waals surface area contributed by atoms with Crippen LogP contribution in [0.25, 0.3) is 0 Å². The average molecular weight is 308 g/mol. The maximum Gasteiger partial charge on any atom is 0.337 e. The fourth-order valence-electron chi connectivity index (χ4n) is 1.89. The third-order valence-electron chi connectivity index (χ3n) is 2.75. The van der Waals surface area contributed by atoms with Gasteiger partial charge in [-0.1, -0.05) is 11.8 Å². The van der Waals surface area contributed by atoms with E-state index in [2.05, 4.69) is 20.6 Å². The average Bonchev–Trinajstić information content (AvgIpc) is 2.45. The molecule has 0 unspecified atom stereocenters. The highest BCUT2D eigenvalue weighted by Gasteiger charge is 2.29. The Labute approximate surface area is 126 Å². The number of amides is 2. The number of nitrogens with one attached hydrogen (secondary N) is 2. The molecule has 2 amide bonds. The summed E-state index contributed by atoms with van der Waals surface area (Å²) in [5, 5.41) is 5.88. The summed E-state index contributed by atoms with van der Waals surface area (Å²) in [6.07, 6.45) is 3.28. The van der Waals surface area contributed by atoms with Crippen LogP contribution in [0, 0.1) is 0 Å². The highest BCUT2D eigenvalue weighted by atomic mass is 32.2. The van der Waals surface area contributed by atoms with Gasteiger partial charge in [-0.2, -0.15) is 0 Å². The minimum absolute atomic E-state index is 0.283. The monoisotopic (exact) mass is 308 g/mol. The lowest BCUT2D eigenvalue weighted by Gasteiger charge is -2.26. The van der Waals surface area contributed by atoms with Crippen LogP contribution in [-0.4, -0.2) is 40.4 Å². The Morgan fingerprint density at radius 1 is 1.43 bits per heavy atom. The van der Waals surface area contributed by atoms with Crippen molar-refractivity contribution in [1.29, 1.82) is 0 Å². The standard InChI is InChI=1S/C13H16N4O3S/c1-3-20-11(18)10-8(2)16-12(19)17-9(10)7-21-13-14-5-4-6-15-13/h4-6,8H,3,7H2,1-2H3,(H2,16,17,19)/t8-/m0/s1. The van der Waals surface area contributed by atoms with E-state index in [4.69, 9.17) is 4.74 Å². The molecule has 0 bridgehead atoms. The molecule has 2 N–H and O–H groups in total. The Morgan fingerprint density at radius 3 is 2.81 bits per heavy atom. The molecule has 1 aliphatic heterocycles. The van der Waals surface area contributed by atoms with E-state index in [1.165, 1.54) is 11.8 Å². The van der Waals surface area contributed by atoms with E-state index in [9.17, 15) is 9.59 Å². The van der Waals surface area contributed by atoms with Gasteiger partial charge in [-0.25, -0.2) is 19.6 Å². The zero-order valence-corrected chi connectivity index (χ0v) is 12.6. The molecule has 7 nitrogen and oxygen atoms in total. The van der Waals surface area contributed by atoms with E-state index in [0.29, 0.717) is 22.2 Å². The summed E-state index contributed by atoms with van der Waals surface area (Å²) in [6.45, 7) is 3.77. The molecule has 0 aliphatic carbocycles. The Balaban J connectivity index is 2.18. The van der Waals surface area contributed by atoms with Crippen molar-refractivity contribution in [3.05, 3.63) is 29.7 Å². The number of hydrogen-bond acceptors (Lipinski definition) is 6. The number of urea groups is 1. The summed E-state index contributed by atoms with van der Waals surface area (Å²) in [5.74, 6) is -0.0438. The normalized spacial score (nSPS) is 18.0. The lowest BCUT2D eigenvalue weighted by molar-refractivity contribution is -0.138. The van der Waals surface area contributed by atoms with Crippen LogP contribution in [0.15, 0.2) is 34.9 Å². The van der Waals surface area contributed by atoms with Gasteiger partial charge in [0.25, 0.3) is 0 Å². The number of carbonyl (C=O) groups excluding carboxylic acids is 2. The summed E-state index contributed by atoms with van der Waals surface area (Å²) in [5.41, 5.74) is 0.960. The zero-order chi connectivity index (χ0) is 15.2. The molecule has 0 fully saturated rings. The van der Waals surface area contributed by atoms with Crippen LogP contribution in [0.2, 0.25) is 0 Å². The summed E-state index contributed by atoms with van der Waals surface area (Å²) in [6, 6.07) is 0.993. The van der Waals surface area contributed by atoms with Crippen molar-refractivity contribution in [3.63, 3.8) is 0 Å². The van der Waals surface area contributed by atoms with Crippen molar-refractivity contribution in [1.82, 2.24) is 20.6 Å². The van der Waals surface area contributed by atoms with Crippen LogP contribution in [0.5, 0.6) is 0 Å². The van der Waals surface area contributed by atoms with Crippen LogP contribution in [0.4, 0.5) is 4.79 Å². The molecular weight excluding hydrogens is 292 g/mol. The molecule has 1 aliphatic rings. The maximum absolute atomic E-state index is 12.0. The first-order chi connectivity index (χ1) is 10.1. The minimum atomic E-state index is -0.429. The topological polar surface area (TPSA) is 93.2 Å². The third-order valence-corrected chi connectivity index (χ3v) is 3.66. The van der Waals surface area contributed by atoms with E-state index in [1.54, 1.807) is 32.3 Å². The van der Waals surface area contributed by atoms with Crippen LogP contribution in [-0.2, 0) is 9.53 Å². The van der Waals surface area contributed by atoms with E-state index in [-0.39, 0.29) is 12.6 Å². The van der Waals surface area contributed by atoms with Crippen molar-refractivity contribution < 1.29 is 14.3 Å². The van der Waals surface area contributed by atoms with Crippen LogP contribution < -0.4 is 10.6 Å². The van der Waals surface area contributed by atoms with Crippen molar-refractivity contribution in [2.45, 2.75) is 25.0 Å². The second-order valence-electron chi connectivity index (χ2n) is 4.25. The number of rotatable bonds is 5. The van der Waals surface area contributed by atoms with Gasteiger partial charge in [0.15, 0.2) is 5.16 Å². The molecule has 0 saturated carbocycles. The smallest absolute Gasteiger partial charge is 0.337 e. The van der Waals surface area contributed by atoms with Gasteiger partial charge in [0, 0.05) is 23.8 Å². The lowest BCUT2D eigenvalue weighted by Crippen LogP contribution is -2.49. The van der Waals surface area contributed by atoms with Gasteiger partial charge in [0.1, 0.15) is 0 Å². The molecule has 1 aromatic rings. The third kappa shape index (κ3) is 3.94. The fraction of sp³-hybridized carbons (Fsp3) is 0.385. The molecule has 0 spiro atoms. The van der Waals surface area contributed by atoms with Crippen molar-refractivity contribution in [3.8, 4) is 0 Å². The Morgan fingerprint density at radius 2 is 2.14 bits per heavy atom. The van der Waals surface area contributed by atoms with Gasteiger partial charge in [-0.05, 0) is 19.9 Å². The molecule has 0 saturated heterocycles. The van der Waals surface area contributed by atoms with Gasteiger partial charge in [0.2, 0.25) is 0 Å². The molecular formula is C13H16N4O3S. The van der Waals surface area contributed by atoms with Crippen molar-refractivity contribution >= 4 is 23.8 Å². The largest absolute Gasteiger partial charge is 0.463 e. The van der Waals surface area contributed by atoms with Crippen LogP contribution >= 0.6 is 11.8 Å². The molecule has 0 aromatic carbocycles. The minimum Gasteiger partial charge on any atom is -0.463 e. The predicted octanol–water partition coefficient (Wildman–Crippen LogP) is 1.09. The Kier molecular flexibility index (Phi) is 5.15. The molecule has 2 heterocycles. The van der Waals surface area contributed by atoms with E-state index in [1.807, 2.05) is 0 Å². The molecule has 21 heavy (non-hydrogen) atoms. The molecule has 2 rings (SSSR count). The molecule has 112 valence electrons. The number of esters is 1. The second kappa shape index (κ2) is 7.07. The summed E-state index contributed by atoms with van der Waals surface area (Å²) < 4.78 is 5.04. The number of hydrogen-bond donors (Lipinski definition) is 2. The molecule has 1 atom stereocenters. The molecule has 1 aromatic heterocycles. The van der Waals surface area contributed by atoms with Crippen LogP contribution in [0.3, 0.4) is 0 Å². The van der Waals surface area contributed by atoms with E-state index >= 15 is 0 Å². The van der Waals surface area contributed by atoms with E-state index < -0.39 is 12.0 Å². The quantitative estimate of drug-likeness (QED) is 0.480. The Hall–Kier alpha value is -2.09. The summed E-state index contributed by atoms with van der Waals surface area (Å²) >= 11 is 1.34. The number of aromatic nitrogens is 2. The van der Waals surface area contributed by atoms with Crippen molar-refractivity contribution in [2.75, 3.05) is 12.4 Å². The maximum atomic E-state index is 12.0.